The topological polar surface area (TPSA) is 46.9 Å². The van der Waals surface area contributed by atoms with E-state index in [0.717, 1.165) is 50.0 Å². The number of unbranched alkanes of at least 4 members (excludes halogenated alkanes) is 2. The second kappa shape index (κ2) is 9.56. The first-order valence-electron chi connectivity index (χ1n) is 9.67. The van der Waals surface area contributed by atoms with Gasteiger partial charge in [0, 0.05) is 19.5 Å². The molecule has 0 unspecified atom stereocenters. The van der Waals surface area contributed by atoms with Crippen molar-refractivity contribution in [2.75, 3.05) is 6.54 Å². The van der Waals surface area contributed by atoms with Crippen LogP contribution in [0.4, 0.5) is 0 Å². The van der Waals surface area contributed by atoms with E-state index in [4.69, 9.17) is 16.6 Å². The Kier molecular flexibility index (Phi) is 6.88. The molecule has 0 saturated heterocycles. The van der Waals surface area contributed by atoms with Gasteiger partial charge in [-0.05, 0) is 43.5 Å². The molecule has 27 heavy (non-hydrogen) atoms. The first-order chi connectivity index (χ1) is 13.2. The summed E-state index contributed by atoms with van der Waals surface area (Å²) >= 11 is 6.05. The number of rotatable bonds is 9. The fourth-order valence-electron chi connectivity index (χ4n) is 3.32. The summed E-state index contributed by atoms with van der Waals surface area (Å²) in [6.45, 7) is 3.86. The lowest BCUT2D eigenvalue weighted by Gasteiger charge is -2.08. The zero-order valence-electron chi connectivity index (χ0n) is 15.7. The third-order valence-corrected chi connectivity index (χ3v) is 4.99. The van der Waals surface area contributed by atoms with Gasteiger partial charge in [-0.15, -0.1) is 0 Å². The second-order valence-corrected chi connectivity index (χ2v) is 7.12. The van der Waals surface area contributed by atoms with Crippen molar-refractivity contribution in [3.8, 4) is 0 Å². The molecule has 3 aromatic rings. The van der Waals surface area contributed by atoms with Gasteiger partial charge in [-0.25, -0.2) is 4.98 Å². The Morgan fingerprint density at radius 3 is 2.67 bits per heavy atom. The molecule has 1 heterocycles. The third kappa shape index (κ3) is 4.89. The highest BCUT2D eigenvalue weighted by atomic mass is 35.5. The van der Waals surface area contributed by atoms with E-state index in [1.165, 1.54) is 5.52 Å². The molecular formula is C22H26ClN3O. The van der Waals surface area contributed by atoms with Crippen LogP contribution in [0.3, 0.4) is 0 Å². The smallest absolute Gasteiger partial charge is 0.252 e. The van der Waals surface area contributed by atoms with Gasteiger partial charge in [0.1, 0.15) is 5.82 Å². The summed E-state index contributed by atoms with van der Waals surface area (Å²) in [6.07, 6.45) is 5.13. The molecule has 0 aliphatic rings. The van der Waals surface area contributed by atoms with E-state index in [1.807, 2.05) is 18.2 Å². The van der Waals surface area contributed by atoms with Crippen LogP contribution in [0.1, 0.15) is 48.8 Å². The van der Waals surface area contributed by atoms with Crippen molar-refractivity contribution in [1.29, 1.82) is 0 Å². The number of hydrogen-bond donors (Lipinski definition) is 1. The molecule has 0 fully saturated rings. The summed E-state index contributed by atoms with van der Waals surface area (Å²) in [6, 6.07) is 15.5. The number of carbonyl (C=O) groups excluding carboxylic acids is 1. The van der Waals surface area contributed by atoms with Crippen molar-refractivity contribution >= 4 is 28.5 Å². The van der Waals surface area contributed by atoms with Crippen LogP contribution in [0, 0.1) is 0 Å². The molecule has 3 rings (SSSR count). The van der Waals surface area contributed by atoms with Gasteiger partial charge in [0.25, 0.3) is 5.91 Å². The maximum atomic E-state index is 12.1. The number of carbonyl (C=O) groups is 1. The van der Waals surface area contributed by atoms with E-state index in [-0.39, 0.29) is 5.91 Å². The van der Waals surface area contributed by atoms with Gasteiger partial charge in [0.2, 0.25) is 0 Å². The number of amides is 1. The van der Waals surface area contributed by atoms with Crippen LogP contribution in [0.2, 0.25) is 5.02 Å². The van der Waals surface area contributed by atoms with E-state index in [1.54, 1.807) is 12.1 Å². The first kappa shape index (κ1) is 19.4. The highest BCUT2D eigenvalue weighted by molar-refractivity contribution is 6.33. The average Bonchev–Trinajstić information content (AvgIpc) is 3.03. The minimum atomic E-state index is -0.106. The van der Waals surface area contributed by atoms with Crippen molar-refractivity contribution in [2.45, 2.75) is 45.6 Å². The normalized spacial score (nSPS) is 11.0. The lowest BCUT2D eigenvalue weighted by atomic mass is 10.1. The Bertz CT molecular complexity index is 903. The van der Waals surface area contributed by atoms with Crippen molar-refractivity contribution in [3.63, 3.8) is 0 Å². The molecule has 2 aromatic carbocycles. The Labute approximate surface area is 165 Å². The number of imidazole rings is 1. The van der Waals surface area contributed by atoms with Crippen LogP contribution in [-0.4, -0.2) is 22.0 Å². The molecule has 0 aliphatic carbocycles. The summed E-state index contributed by atoms with van der Waals surface area (Å²) in [5, 5.41) is 3.44. The number of nitrogens with one attached hydrogen (secondary N) is 1. The molecular weight excluding hydrogens is 358 g/mol. The molecule has 142 valence electrons. The minimum Gasteiger partial charge on any atom is -0.352 e. The zero-order chi connectivity index (χ0) is 19.1. The molecule has 0 aliphatic heterocycles. The number of nitrogens with zero attached hydrogens (tertiary/aromatic N) is 2. The fourth-order valence-corrected chi connectivity index (χ4v) is 3.54. The highest BCUT2D eigenvalue weighted by Crippen LogP contribution is 2.18. The Morgan fingerprint density at radius 1 is 1.07 bits per heavy atom. The average molecular weight is 384 g/mol. The largest absolute Gasteiger partial charge is 0.352 e. The van der Waals surface area contributed by atoms with Crippen molar-refractivity contribution in [1.82, 2.24) is 14.9 Å². The summed E-state index contributed by atoms with van der Waals surface area (Å²) in [5.41, 5.74) is 2.83. The van der Waals surface area contributed by atoms with Crippen LogP contribution in [0.15, 0.2) is 48.5 Å². The SMILES string of the molecule is CCCn1c(CCCCCNC(=O)c2ccccc2Cl)nc2ccccc21. The molecule has 0 spiro atoms. The number of halogens is 1. The molecule has 0 bridgehead atoms. The molecule has 4 nitrogen and oxygen atoms in total. The summed E-state index contributed by atoms with van der Waals surface area (Å²) < 4.78 is 2.34. The minimum absolute atomic E-state index is 0.106. The van der Waals surface area contributed by atoms with Crippen LogP contribution < -0.4 is 5.32 Å². The van der Waals surface area contributed by atoms with Gasteiger partial charge in [-0.2, -0.15) is 0 Å². The van der Waals surface area contributed by atoms with E-state index in [9.17, 15) is 4.79 Å². The lowest BCUT2D eigenvalue weighted by molar-refractivity contribution is 0.0953. The predicted molar refractivity (Wildman–Crippen MR) is 111 cm³/mol. The number of aromatic nitrogens is 2. The molecule has 1 aromatic heterocycles. The highest BCUT2D eigenvalue weighted by Gasteiger charge is 2.10. The van der Waals surface area contributed by atoms with Crippen molar-refractivity contribution in [3.05, 3.63) is 64.9 Å². The lowest BCUT2D eigenvalue weighted by Crippen LogP contribution is -2.24. The van der Waals surface area contributed by atoms with E-state index >= 15 is 0 Å². The summed E-state index contributed by atoms with van der Waals surface area (Å²) in [4.78, 5) is 16.9. The molecule has 0 atom stereocenters. The van der Waals surface area contributed by atoms with Crippen LogP contribution in [0.5, 0.6) is 0 Å². The Morgan fingerprint density at radius 2 is 1.85 bits per heavy atom. The maximum absolute atomic E-state index is 12.1. The molecule has 0 radical (unpaired) electrons. The van der Waals surface area contributed by atoms with E-state index in [0.29, 0.717) is 17.1 Å². The predicted octanol–water partition coefficient (Wildman–Crippen LogP) is 5.24. The monoisotopic (exact) mass is 383 g/mol. The van der Waals surface area contributed by atoms with E-state index in [2.05, 4.69) is 35.0 Å². The Hall–Kier alpha value is -2.33. The molecule has 0 saturated carbocycles. The Balaban J connectivity index is 1.45. The number of benzene rings is 2. The zero-order valence-corrected chi connectivity index (χ0v) is 16.5. The van der Waals surface area contributed by atoms with Gasteiger partial charge in [0.05, 0.1) is 21.6 Å². The van der Waals surface area contributed by atoms with Crippen LogP contribution in [-0.2, 0) is 13.0 Å². The molecule has 1 amide bonds. The van der Waals surface area contributed by atoms with Gasteiger partial charge >= 0.3 is 0 Å². The number of para-hydroxylation sites is 2. The quantitative estimate of drug-likeness (QED) is 0.513. The van der Waals surface area contributed by atoms with Crippen molar-refractivity contribution in [2.24, 2.45) is 0 Å². The van der Waals surface area contributed by atoms with Crippen LogP contribution in [0.25, 0.3) is 11.0 Å². The fraction of sp³-hybridized carbons (Fsp3) is 0.364. The number of hydrogen-bond acceptors (Lipinski definition) is 2. The van der Waals surface area contributed by atoms with Gasteiger partial charge in [-0.3, -0.25) is 4.79 Å². The summed E-state index contributed by atoms with van der Waals surface area (Å²) in [7, 11) is 0. The van der Waals surface area contributed by atoms with Crippen molar-refractivity contribution < 1.29 is 4.79 Å². The third-order valence-electron chi connectivity index (χ3n) is 4.66. The first-order valence-corrected chi connectivity index (χ1v) is 10.1. The van der Waals surface area contributed by atoms with Crippen LogP contribution >= 0.6 is 11.6 Å². The standard InChI is InChI=1S/C22H26ClN3O/c1-2-16-26-20-13-8-7-12-19(20)25-21(26)14-4-3-9-15-24-22(27)17-10-5-6-11-18(17)23/h5-8,10-13H,2-4,9,14-16H2,1H3,(H,24,27). The molecule has 5 heteroatoms. The second-order valence-electron chi connectivity index (χ2n) is 6.71. The van der Waals surface area contributed by atoms with Gasteiger partial charge < -0.3 is 9.88 Å². The van der Waals surface area contributed by atoms with Gasteiger partial charge in [-0.1, -0.05) is 49.2 Å². The van der Waals surface area contributed by atoms with E-state index < -0.39 is 0 Å². The molecule has 1 N–H and O–H groups in total. The van der Waals surface area contributed by atoms with Gasteiger partial charge in [0.15, 0.2) is 0 Å². The number of fused-ring (bicyclic) bond motifs is 1. The number of aryl methyl sites for hydroxylation is 2. The summed E-state index contributed by atoms with van der Waals surface area (Å²) in [5.74, 6) is 1.06. The maximum Gasteiger partial charge on any atom is 0.252 e.